The van der Waals surface area contributed by atoms with Crippen molar-refractivity contribution in [2.45, 2.75) is 12.3 Å². The number of methoxy groups -OCH3 is 1. The third-order valence-corrected chi connectivity index (χ3v) is 4.26. The minimum absolute atomic E-state index is 0.539. The van der Waals surface area contributed by atoms with E-state index in [0.717, 1.165) is 12.3 Å². The number of fused-ring (bicyclic) bond motifs is 1. The highest BCUT2D eigenvalue weighted by Gasteiger charge is 2.22. The Morgan fingerprint density at radius 1 is 1.35 bits per heavy atom. The molecule has 0 amide bonds. The van der Waals surface area contributed by atoms with E-state index in [9.17, 15) is 0 Å². The van der Waals surface area contributed by atoms with Crippen LogP contribution in [-0.4, -0.2) is 13.7 Å². The second kappa shape index (κ2) is 4.41. The van der Waals surface area contributed by atoms with Crippen molar-refractivity contribution >= 4 is 17.0 Å². The van der Waals surface area contributed by atoms with Gasteiger partial charge >= 0.3 is 0 Å². The average molecular weight is 245 g/mol. The highest BCUT2D eigenvalue weighted by molar-refractivity contribution is 7.10. The van der Waals surface area contributed by atoms with Gasteiger partial charge in [-0.3, -0.25) is 0 Å². The zero-order valence-corrected chi connectivity index (χ0v) is 10.6. The molecule has 1 aliphatic heterocycles. The molecule has 0 aliphatic carbocycles. The molecule has 2 aromatic rings. The van der Waals surface area contributed by atoms with Crippen molar-refractivity contribution in [3.63, 3.8) is 0 Å². The maximum Gasteiger partial charge on any atom is 0.120 e. The van der Waals surface area contributed by atoms with Crippen LogP contribution in [-0.2, 0) is 0 Å². The Morgan fingerprint density at radius 3 is 3.06 bits per heavy atom. The first-order valence-electron chi connectivity index (χ1n) is 5.83. The van der Waals surface area contributed by atoms with Crippen molar-refractivity contribution < 1.29 is 4.74 Å². The summed E-state index contributed by atoms with van der Waals surface area (Å²) in [5.41, 5.74) is 2.61. The molecule has 2 heterocycles. The molecule has 0 radical (unpaired) electrons. The van der Waals surface area contributed by atoms with Crippen molar-refractivity contribution in [2.24, 2.45) is 0 Å². The predicted octanol–water partition coefficient (Wildman–Crippen LogP) is 3.70. The normalized spacial score (nSPS) is 18.3. The van der Waals surface area contributed by atoms with Crippen LogP contribution in [0.3, 0.4) is 0 Å². The Labute approximate surface area is 105 Å². The molecular formula is C14H15NOS. The van der Waals surface area contributed by atoms with Gasteiger partial charge in [0, 0.05) is 29.1 Å². The maximum atomic E-state index is 5.27. The monoisotopic (exact) mass is 245 g/mol. The number of ether oxygens (including phenoxy) is 1. The van der Waals surface area contributed by atoms with Crippen LogP contribution in [0.15, 0.2) is 35.7 Å². The van der Waals surface area contributed by atoms with Gasteiger partial charge in [0.15, 0.2) is 0 Å². The van der Waals surface area contributed by atoms with Gasteiger partial charge in [-0.2, -0.15) is 0 Å². The Kier molecular flexibility index (Phi) is 2.77. The molecule has 1 N–H and O–H groups in total. The fourth-order valence-corrected chi connectivity index (χ4v) is 3.29. The lowest BCUT2D eigenvalue weighted by atomic mass is 9.89. The average Bonchev–Trinajstić information content (AvgIpc) is 2.91. The Hall–Kier alpha value is -1.48. The van der Waals surface area contributed by atoms with E-state index < -0.39 is 0 Å². The quantitative estimate of drug-likeness (QED) is 0.871. The van der Waals surface area contributed by atoms with E-state index in [0.29, 0.717) is 5.92 Å². The van der Waals surface area contributed by atoms with Gasteiger partial charge in [-0.05, 0) is 29.5 Å². The van der Waals surface area contributed by atoms with E-state index in [4.69, 9.17) is 4.74 Å². The van der Waals surface area contributed by atoms with Gasteiger partial charge < -0.3 is 10.1 Å². The number of thiophene rings is 1. The number of benzene rings is 1. The summed E-state index contributed by atoms with van der Waals surface area (Å²) in [4.78, 5) is 1.46. The molecule has 0 saturated heterocycles. The molecule has 88 valence electrons. The van der Waals surface area contributed by atoms with E-state index in [-0.39, 0.29) is 0 Å². The van der Waals surface area contributed by atoms with Crippen molar-refractivity contribution in [3.05, 3.63) is 46.2 Å². The zero-order valence-electron chi connectivity index (χ0n) is 9.77. The van der Waals surface area contributed by atoms with Crippen LogP contribution in [0, 0.1) is 0 Å². The molecule has 1 aromatic heterocycles. The van der Waals surface area contributed by atoms with Crippen LogP contribution in [0.1, 0.15) is 22.8 Å². The number of nitrogens with one attached hydrogen (secondary N) is 1. The second-order valence-corrected chi connectivity index (χ2v) is 5.22. The molecule has 1 unspecified atom stereocenters. The van der Waals surface area contributed by atoms with Gasteiger partial charge in [-0.1, -0.05) is 12.1 Å². The van der Waals surface area contributed by atoms with Gasteiger partial charge in [0.1, 0.15) is 5.75 Å². The molecule has 3 rings (SSSR count). The molecule has 17 heavy (non-hydrogen) atoms. The summed E-state index contributed by atoms with van der Waals surface area (Å²) in [6, 6.07) is 10.7. The first-order valence-corrected chi connectivity index (χ1v) is 6.71. The lowest BCUT2D eigenvalue weighted by Gasteiger charge is -2.26. The van der Waals surface area contributed by atoms with Crippen LogP contribution in [0.4, 0.5) is 5.69 Å². The first kappa shape index (κ1) is 10.7. The van der Waals surface area contributed by atoms with E-state index in [1.165, 1.54) is 22.5 Å². The van der Waals surface area contributed by atoms with Gasteiger partial charge in [-0.15, -0.1) is 11.3 Å². The smallest absolute Gasteiger partial charge is 0.120 e. The predicted molar refractivity (Wildman–Crippen MR) is 72.3 cm³/mol. The fraction of sp³-hybridized carbons (Fsp3) is 0.286. The topological polar surface area (TPSA) is 21.3 Å². The van der Waals surface area contributed by atoms with Crippen molar-refractivity contribution in [1.82, 2.24) is 0 Å². The van der Waals surface area contributed by atoms with E-state index >= 15 is 0 Å². The minimum atomic E-state index is 0.539. The molecule has 1 atom stereocenters. The van der Waals surface area contributed by atoms with Gasteiger partial charge in [0.05, 0.1) is 7.11 Å². The fourth-order valence-electron chi connectivity index (χ4n) is 2.41. The Bertz CT molecular complexity index is 507. The molecular weight excluding hydrogens is 230 g/mol. The van der Waals surface area contributed by atoms with Crippen molar-refractivity contribution in [1.29, 1.82) is 0 Å². The van der Waals surface area contributed by atoms with E-state index in [1.54, 1.807) is 7.11 Å². The third kappa shape index (κ3) is 1.91. The first-order chi connectivity index (χ1) is 8.38. The summed E-state index contributed by atoms with van der Waals surface area (Å²) in [6.07, 6.45) is 1.17. The lowest BCUT2D eigenvalue weighted by Crippen LogP contribution is -2.16. The molecule has 0 bridgehead atoms. The molecule has 1 aliphatic rings. The number of hydrogen-bond acceptors (Lipinski definition) is 3. The van der Waals surface area contributed by atoms with Crippen LogP contribution < -0.4 is 10.1 Å². The largest absolute Gasteiger partial charge is 0.497 e. The number of hydrogen-bond donors (Lipinski definition) is 1. The van der Waals surface area contributed by atoms with Crippen LogP contribution in [0.5, 0.6) is 5.75 Å². The standard InChI is InChI=1S/C14H15NOS/c1-16-10-4-5-11-12(14-3-2-8-17-14)6-7-15-13(11)9-10/h2-5,8-9,12,15H,6-7H2,1H3. The summed E-state index contributed by atoms with van der Waals surface area (Å²) >= 11 is 1.84. The summed E-state index contributed by atoms with van der Waals surface area (Å²) in [7, 11) is 1.71. The van der Waals surface area contributed by atoms with Crippen molar-refractivity contribution in [2.75, 3.05) is 19.0 Å². The minimum Gasteiger partial charge on any atom is -0.497 e. The summed E-state index contributed by atoms with van der Waals surface area (Å²) in [5.74, 6) is 1.46. The highest BCUT2D eigenvalue weighted by atomic mass is 32.1. The van der Waals surface area contributed by atoms with Gasteiger partial charge in [0.2, 0.25) is 0 Å². The van der Waals surface area contributed by atoms with E-state index in [2.05, 4.69) is 35.0 Å². The molecule has 1 aromatic carbocycles. The van der Waals surface area contributed by atoms with Crippen LogP contribution in [0.25, 0.3) is 0 Å². The highest BCUT2D eigenvalue weighted by Crippen LogP contribution is 2.39. The summed E-state index contributed by atoms with van der Waals surface area (Å²) in [5, 5.41) is 5.61. The van der Waals surface area contributed by atoms with Crippen LogP contribution in [0.2, 0.25) is 0 Å². The second-order valence-electron chi connectivity index (χ2n) is 4.24. The van der Waals surface area contributed by atoms with Crippen molar-refractivity contribution in [3.8, 4) is 5.75 Å². The Morgan fingerprint density at radius 2 is 2.29 bits per heavy atom. The molecule has 3 heteroatoms. The summed E-state index contributed by atoms with van der Waals surface area (Å²) in [6.45, 7) is 1.03. The molecule has 0 spiro atoms. The lowest BCUT2D eigenvalue weighted by molar-refractivity contribution is 0.414. The molecule has 0 fully saturated rings. The number of anilines is 1. The maximum absolute atomic E-state index is 5.27. The molecule has 2 nitrogen and oxygen atoms in total. The van der Waals surface area contributed by atoms with Gasteiger partial charge in [0.25, 0.3) is 0 Å². The van der Waals surface area contributed by atoms with E-state index in [1.807, 2.05) is 17.4 Å². The third-order valence-electron chi connectivity index (χ3n) is 3.27. The number of rotatable bonds is 2. The molecule has 0 saturated carbocycles. The van der Waals surface area contributed by atoms with Crippen LogP contribution >= 0.6 is 11.3 Å². The summed E-state index contributed by atoms with van der Waals surface area (Å²) < 4.78 is 5.27. The van der Waals surface area contributed by atoms with Gasteiger partial charge in [-0.25, -0.2) is 0 Å². The Balaban J connectivity index is 2.02. The SMILES string of the molecule is COc1ccc2c(c1)NCCC2c1cccs1. The zero-order chi connectivity index (χ0) is 11.7.